The Kier molecular flexibility index (Phi) is 4.26. The minimum absolute atomic E-state index is 0.604. The predicted octanol–water partition coefficient (Wildman–Crippen LogP) is 4.13. The van der Waals surface area contributed by atoms with Gasteiger partial charge < -0.3 is 4.74 Å². The van der Waals surface area contributed by atoms with Crippen molar-refractivity contribution in [1.29, 1.82) is 0 Å². The molecule has 0 radical (unpaired) electrons. The van der Waals surface area contributed by atoms with Gasteiger partial charge in [-0.15, -0.1) is 16.4 Å². The first-order chi connectivity index (χ1) is 12.3. The van der Waals surface area contributed by atoms with E-state index in [1.807, 2.05) is 53.3 Å². The molecular weight excluding hydrogens is 332 g/mol. The molecule has 2 aromatic carbocycles. The summed E-state index contributed by atoms with van der Waals surface area (Å²) in [5, 5.41) is 11.5. The van der Waals surface area contributed by atoms with E-state index in [4.69, 9.17) is 9.72 Å². The molecule has 6 heteroatoms. The number of nitrogens with zero attached hydrogens (tertiary/aromatic N) is 4. The molecule has 4 aromatic rings. The van der Waals surface area contributed by atoms with Gasteiger partial charge in [0.05, 0.1) is 25.5 Å². The second-order valence-corrected chi connectivity index (χ2v) is 6.40. The fourth-order valence-electron chi connectivity index (χ4n) is 2.53. The van der Waals surface area contributed by atoms with Gasteiger partial charge in [-0.1, -0.05) is 35.5 Å². The zero-order valence-corrected chi connectivity index (χ0v) is 14.5. The molecule has 2 aromatic heterocycles. The number of ether oxygens (including phenoxy) is 1. The molecule has 0 fully saturated rings. The van der Waals surface area contributed by atoms with Crippen molar-refractivity contribution in [3.05, 3.63) is 71.9 Å². The molecule has 2 heterocycles. The van der Waals surface area contributed by atoms with Crippen LogP contribution in [0.25, 0.3) is 21.8 Å². The van der Waals surface area contributed by atoms with Gasteiger partial charge in [-0.05, 0) is 24.3 Å². The molecule has 0 aliphatic carbocycles. The van der Waals surface area contributed by atoms with E-state index in [9.17, 15) is 0 Å². The summed E-state index contributed by atoms with van der Waals surface area (Å²) < 4.78 is 6.99. The molecule has 0 spiro atoms. The van der Waals surface area contributed by atoms with E-state index in [-0.39, 0.29) is 0 Å². The van der Waals surface area contributed by atoms with Gasteiger partial charge in [-0.25, -0.2) is 9.67 Å². The van der Waals surface area contributed by atoms with Crippen LogP contribution in [-0.4, -0.2) is 27.1 Å². The van der Waals surface area contributed by atoms with E-state index in [2.05, 4.69) is 27.8 Å². The van der Waals surface area contributed by atoms with E-state index in [0.717, 1.165) is 33.3 Å². The van der Waals surface area contributed by atoms with Crippen LogP contribution in [0.2, 0.25) is 0 Å². The summed E-state index contributed by atoms with van der Waals surface area (Å²) in [7, 11) is 1.66. The summed E-state index contributed by atoms with van der Waals surface area (Å²) in [6.45, 7) is 0.604. The second kappa shape index (κ2) is 6.86. The number of hydrogen-bond acceptors (Lipinski definition) is 5. The van der Waals surface area contributed by atoms with Crippen LogP contribution in [0, 0.1) is 0 Å². The Morgan fingerprint density at radius 1 is 1.00 bits per heavy atom. The summed E-state index contributed by atoms with van der Waals surface area (Å²) in [6, 6.07) is 18.0. The molecule has 25 heavy (non-hydrogen) atoms. The van der Waals surface area contributed by atoms with Crippen LogP contribution in [0.15, 0.2) is 66.2 Å². The zero-order valence-electron chi connectivity index (χ0n) is 13.7. The lowest BCUT2D eigenvalue weighted by molar-refractivity contribution is 0.415. The number of methoxy groups -OCH3 is 1. The van der Waals surface area contributed by atoms with Crippen LogP contribution < -0.4 is 4.74 Å². The van der Waals surface area contributed by atoms with Crippen LogP contribution in [0.4, 0.5) is 0 Å². The minimum atomic E-state index is 0.604. The normalized spacial score (nSPS) is 10.8. The molecule has 0 saturated carbocycles. The Balaban J connectivity index is 1.50. The summed E-state index contributed by atoms with van der Waals surface area (Å²) in [5.74, 6) is 0.826. The highest BCUT2D eigenvalue weighted by molar-refractivity contribution is 7.13. The molecule has 0 bridgehead atoms. The Bertz CT molecular complexity index is 961. The van der Waals surface area contributed by atoms with Crippen LogP contribution in [0.1, 0.15) is 5.69 Å². The number of thiazole rings is 1. The van der Waals surface area contributed by atoms with Crippen molar-refractivity contribution in [1.82, 2.24) is 20.0 Å². The number of rotatable bonds is 5. The van der Waals surface area contributed by atoms with Crippen molar-refractivity contribution in [3.63, 3.8) is 0 Å². The molecule has 0 aliphatic rings. The van der Waals surface area contributed by atoms with Crippen molar-refractivity contribution in [2.45, 2.75) is 6.54 Å². The maximum atomic E-state index is 5.18. The fourth-order valence-corrected chi connectivity index (χ4v) is 3.35. The van der Waals surface area contributed by atoms with Gasteiger partial charge >= 0.3 is 0 Å². The smallest absolute Gasteiger partial charge is 0.123 e. The topological polar surface area (TPSA) is 52.8 Å². The molecular formula is C19H16N4OS. The van der Waals surface area contributed by atoms with E-state index in [1.165, 1.54) is 0 Å². The van der Waals surface area contributed by atoms with Crippen molar-refractivity contribution in [2.24, 2.45) is 0 Å². The predicted molar refractivity (Wildman–Crippen MR) is 98.7 cm³/mol. The number of aromatic nitrogens is 4. The van der Waals surface area contributed by atoms with Crippen LogP contribution in [-0.2, 0) is 6.54 Å². The van der Waals surface area contributed by atoms with E-state index >= 15 is 0 Å². The molecule has 0 atom stereocenters. The third-order valence-electron chi connectivity index (χ3n) is 3.82. The lowest BCUT2D eigenvalue weighted by atomic mass is 10.2. The van der Waals surface area contributed by atoms with Gasteiger partial charge in [-0.2, -0.15) is 0 Å². The zero-order chi connectivity index (χ0) is 17.1. The Hall–Kier alpha value is -2.99. The second-order valence-electron chi connectivity index (χ2n) is 5.54. The largest absolute Gasteiger partial charge is 0.497 e. The molecule has 0 saturated heterocycles. The van der Waals surface area contributed by atoms with Gasteiger partial charge in [0.2, 0.25) is 0 Å². The van der Waals surface area contributed by atoms with Crippen molar-refractivity contribution in [3.8, 4) is 27.6 Å². The molecule has 0 unspecified atom stereocenters. The van der Waals surface area contributed by atoms with Gasteiger partial charge in [0.25, 0.3) is 0 Å². The molecule has 4 rings (SSSR count). The van der Waals surface area contributed by atoms with Crippen LogP contribution >= 0.6 is 11.3 Å². The SMILES string of the molecule is COc1ccc(-c2cn(Cc3csc(-c4ccccc4)n3)nn2)cc1. The average molecular weight is 348 g/mol. The average Bonchev–Trinajstić information content (AvgIpc) is 3.33. The van der Waals surface area contributed by atoms with E-state index in [1.54, 1.807) is 18.4 Å². The van der Waals surface area contributed by atoms with E-state index < -0.39 is 0 Å². The summed E-state index contributed by atoms with van der Waals surface area (Å²) in [5.41, 5.74) is 3.96. The lowest BCUT2D eigenvalue weighted by Gasteiger charge is -2.00. The lowest BCUT2D eigenvalue weighted by Crippen LogP contribution is -2.00. The third kappa shape index (κ3) is 3.44. The number of hydrogen-bond donors (Lipinski definition) is 0. The summed E-state index contributed by atoms with van der Waals surface area (Å²) in [6.07, 6.45) is 1.93. The highest BCUT2D eigenvalue weighted by Crippen LogP contribution is 2.24. The summed E-state index contributed by atoms with van der Waals surface area (Å²) in [4.78, 5) is 4.69. The Labute approximate surface area is 149 Å². The first-order valence-corrected chi connectivity index (χ1v) is 8.74. The standard InChI is InChI=1S/C19H16N4OS/c1-24-17-9-7-14(8-10-17)18-12-23(22-21-18)11-16-13-25-19(20-16)15-5-3-2-4-6-15/h2-10,12-13H,11H2,1H3. The quantitative estimate of drug-likeness (QED) is 0.544. The Morgan fingerprint density at radius 2 is 1.80 bits per heavy atom. The summed E-state index contributed by atoms with van der Waals surface area (Å²) >= 11 is 1.64. The molecule has 124 valence electrons. The van der Waals surface area contributed by atoms with Gasteiger partial charge in [0.15, 0.2) is 0 Å². The van der Waals surface area contributed by atoms with Gasteiger partial charge in [-0.3, -0.25) is 0 Å². The first-order valence-electron chi connectivity index (χ1n) is 7.86. The Morgan fingerprint density at radius 3 is 2.56 bits per heavy atom. The van der Waals surface area contributed by atoms with Crippen molar-refractivity contribution in [2.75, 3.05) is 7.11 Å². The third-order valence-corrected chi connectivity index (χ3v) is 4.76. The van der Waals surface area contributed by atoms with Crippen LogP contribution in [0.5, 0.6) is 5.75 Å². The monoisotopic (exact) mass is 348 g/mol. The molecule has 5 nitrogen and oxygen atoms in total. The van der Waals surface area contributed by atoms with E-state index in [0.29, 0.717) is 6.54 Å². The van der Waals surface area contributed by atoms with Gasteiger partial charge in [0.1, 0.15) is 16.5 Å². The van der Waals surface area contributed by atoms with Crippen LogP contribution in [0.3, 0.4) is 0 Å². The molecule has 0 aliphatic heterocycles. The minimum Gasteiger partial charge on any atom is -0.497 e. The van der Waals surface area contributed by atoms with Gasteiger partial charge in [0, 0.05) is 16.5 Å². The first kappa shape index (κ1) is 15.5. The molecule has 0 N–H and O–H groups in total. The highest BCUT2D eigenvalue weighted by atomic mass is 32.1. The maximum absolute atomic E-state index is 5.18. The molecule has 0 amide bonds. The maximum Gasteiger partial charge on any atom is 0.123 e. The fraction of sp³-hybridized carbons (Fsp3) is 0.105. The highest BCUT2D eigenvalue weighted by Gasteiger charge is 2.08. The van der Waals surface area contributed by atoms with Crippen molar-refractivity contribution < 1.29 is 4.74 Å². The van der Waals surface area contributed by atoms with Crippen molar-refractivity contribution >= 4 is 11.3 Å². The number of benzene rings is 2.